The number of nitrogens with zero attached hydrogens (tertiary/aromatic N) is 1. The first-order valence-electron chi connectivity index (χ1n) is 13.7. The fourth-order valence-corrected chi connectivity index (χ4v) is 7.09. The van der Waals surface area contributed by atoms with Crippen LogP contribution in [0.2, 0.25) is 0 Å². The molecule has 3 aliphatic carbocycles. The Bertz CT molecular complexity index is 1010. The van der Waals surface area contributed by atoms with Crippen LogP contribution in [0.4, 0.5) is 4.79 Å². The first kappa shape index (κ1) is 27.6. The van der Waals surface area contributed by atoms with Gasteiger partial charge in [0.25, 0.3) is 0 Å². The van der Waals surface area contributed by atoms with Crippen molar-refractivity contribution in [1.29, 1.82) is 5.41 Å². The van der Waals surface area contributed by atoms with Crippen LogP contribution in [0, 0.1) is 39.9 Å². The summed E-state index contributed by atoms with van der Waals surface area (Å²) >= 11 is 0. The van der Waals surface area contributed by atoms with Gasteiger partial charge < -0.3 is 26.3 Å². The van der Waals surface area contributed by atoms with Crippen molar-refractivity contribution in [2.45, 2.75) is 105 Å². The zero-order valence-corrected chi connectivity index (χ0v) is 23.7. The third kappa shape index (κ3) is 5.15. The number of carbonyl (C=O) groups is 4. The minimum atomic E-state index is -0.828. The number of Topliss-reactive ketones (excluding diaryl/α,β-unsaturated/α-hetero) is 1. The summed E-state index contributed by atoms with van der Waals surface area (Å²) in [6.07, 6.45) is 3.34. The molecule has 9 nitrogen and oxygen atoms in total. The number of likely N-dealkylation sites (tertiary alicyclic amines) is 1. The Labute approximate surface area is 220 Å². The molecule has 4 N–H and O–H groups in total. The minimum absolute atomic E-state index is 0.0185. The van der Waals surface area contributed by atoms with Crippen LogP contribution in [0.25, 0.3) is 0 Å². The maximum Gasteiger partial charge on any atom is 0.315 e. The van der Waals surface area contributed by atoms with Crippen molar-refractivity contribution in [3.8, 4) is 0 Å². The van der Waals surface area contributed by atoms with Crippen LogP contribution < -0.4 is 16.0 Å². The Morgan fingerprint density at radius 1 is 1.05 bits per heavy atom. The standard InChI is InChI=1S/C28H45N5O4/c1-26(2,3)22(31-25(37)32-27(4,5)6)24(36)33-13-15-12-28(7,8)18(15)20(33)23(35)30-17-11-14-9-10-16(14)19(29)21(17)34/h14-18,20,22,29H,9-13H2,1-8H3,(H,30,35)(H2,31,32,37). The maximum absolute atomic E-state index is 14.1. The van der Waals surface area contributed by atoms with Gasteiger partial charge in [-0.1, -0.05) is 34.6 Å². The molecule has 7 atom stereocenters. The highest BCUT2D eigenvalue weighted by molar-refractivity contribution is 6.42. The highest BCUT2D eigenvalue weighted by atomic mass is 16.2. The van der Waals surface area contributed by atoms with E-state index in [2.05, 4.69) is 29.8 Å². The molecular formula is C28H45N5O4. The second-order valence-electron chi connectivity index (χ2n) is 14.6. The summed E-state index contributed by atoms with van der Waals surface area (Å²) < 4.78 is 0. The van der Waals surface area contributed by atoms with Crippen LogP contribution in [0.1, 0.15) is 81.1 Å². The summed E-state index contributed by atoms with van der Waals surface area (Å²) in [5.41, 5.74) is -1.03. The van der Waals surface area contributed by atoms with E-state index < -0.39 is 35.1 Å². The summed E-state index contributed by atoms with van der Waals surface area (Å²) in [4.78, 5) is 55.1. The van der Waals surface area contributed by atoms with E-state index in [0.29, 0.717) is 13.0 Å². The lowest BCUT2D eigenvalue weighted by atomic mass is 9.55. The van der Waals surface area contributed by atoms with Crippen LogP contribution in [0.15, 0.2) is 0 Å². The van der Waals surface area contributed by atoms with Gasteiger partial charge >= 0.3 is 6.03 Å². The molecule has 9 heteroatoms. The molecule has 0 aromatic carbocycles. The van der Waals surface area contributed by atoms with Crippen molar-refractivity contribution < 1.29 is 19.2 Å². The van der Waals surface area contributed by atoms with E-state index in [-0.39, 0.29) is 52.4 Å². The number of fused-ring (bicyclic) bond motifs is 2. The quantitative estimate of drug-likeness (QED) is 0.458. The number of nitrogens with one attached hydrogen (secondary N) is 4. The third-order valence-corrected chi connectivity index (χ3v) is 8.96. The molecule has 4 aliphatic rings. The van der Waals surface area contributed by atoms with Crippen molar-refractivity contribution in [1.82, 2.24) is 20.9 Å². The van der Waals surface area contributed by atoms with E-state index in [9.17, 15) is 19.2 Å². The average Bonchev–Trinajstić information content (AvgIpc) is 3.05. The molecule has 4 fully saturated rings. The predicted octanol–water partition coefficient (Wildman–Crippen LogP) is 2.88. The molecule has 0 aromatic heterocycles. The normalized spacial score (nSPS) is 33.4. The molecule has 0 spiro atoms. The van der Waals surface area contributed by atoms with Gasteiger partial charge in [0.15, 0.2) is 5.78 Å². The van der Waals surface area contributed by atoms with Crippen molar-refractivity contribution in [2.24, 2.45) is 34.5 Å². The topological polar surface area (TPSA) is 131 Å². The van der Waals surface area contributed by atoms with E-state index in [1.54, 1.807) is 4.90 Å². The molecule has 206 valence electrons. The largest absolute Gasteiger partial charge is 0.344 e. The van der Waals surface area contributed by atoms with Crippen molar-refractivity contribution >= 4 is 29.3 Å². The SMILES string of the molecule is CC(C)(C)NC(=O)NC(C(=O)N1CC2CC(C)(C)C2C1C(=O)NC1CC2CCC2C(=N)C1=O)C(C)(C)C. The van der Waals surface area contributed by atoms with Crippen LogP contribution >= 0.6 is 0 Å². The molecule has 4 rings (SSSR count). The van der Waals surface area contributed by atoms with E-state index >= 15 is 0 Å². The monoisotopic (exact) mass is 515 g/mol. The summed E-state index contributed by atoms with van der Waals surface area (Å²) in [6, 6.07) is -2.66. The highest BCUT2D eigenvalue weighted by Crippen LogP contribution is 2.57. The predicted molar refractivity (Wildman–Crippen MR) is 141 cm³/mol. The first-order chi connectivity index (χ1) is 16.9. The van der Waals surface area contributed by atoms with Gasteiger partial charge in [0.1, 0.15) is 12.1 Å². The van der Waals surface area contributed by atoms with Crippen LogP contribution in [0.3, 0.4) is 0 Å². The molecule has 3 saturated carbocycles. The van der Waals surface area contributed by atoms with Crippen LogP contribution in [-0.4, -0.2) is 64.4 Å². The van der Waals surface area contributed by atoms with Crippen LogP contribution in [-0.2, 0) is 14.4 Å². The van der Waals surface area contributed by atoms with E-state index in [1.165, 1.54) is 0 Å². The fourth-order valence-electron chi connectivity index (χ4n) is 7.09. The van der Waals surface area contributed by atoms with Crippen molar-refractivity contribution in [2.75, 3.05) is 6.54 Å². The Morgan fingerprint density at radius 2 is 1.70 bits per heavy atom. The highest BCUT2D eigenvalue weighted by Gasteiger charge is 2.61. The number of hydrogen-bond acceptors (Lipinski definition) is 5. The van der Waals surface area contributed by atoms with Gasteiger partial charge in [0, 0.05) is 18.0 Å². The van der Waals surface area contributed by atoms with Crippen LogP contribution in [0.5, 0.6) is 0 Å². The lowest BCUT2D eigenvalue weighted by molar-refractivity contribution is -0.145. The molecule has 7 unspecified atom stereocenters. The Balaban J connectivity index is 1.56. The van der Waals surface area contributed by atoms with Gasteiger partial charge in [0.05, 0.1) is 11.8 Å². The zero-order valence-electron chi connectivity index (χ0n) is 23.7. The summed E-state index contributed by atoms with van der Waals surface area (Å²) in [5.74, 6) is -0.376. The van der Waals surface area contributed by atoms with E-state index in [1.807, 2.05) is 41.5 Å². The molecule has 37 heavy (non-hydrogen) atoms. The molecule has 1 saturated heterocycles. The number of amides is 4. The molecule has 0 aromatic rings. The average molecular weight is 516 g/mol. The number of carbonyl (C=O) groups excluding carboxylic acids is 4. The lowest BCUT2D eigenvalue weighted by Gasteiger charge is -2.49. The lowest BCUT2D eigenvalue weighted by Crippen LogP contribution is -2.63. The van der Waals surface area contributed by atoms with Gasteiger partial charge in [-0.3, -0.25) is 14.4 Å². The van der Waals surface area contributed by atoms with Gasteiger partial charge in [-0.2, -0.15) is 0 Å². The third-order valence-electron chi connectivity index (χ3n) is 8.96. The zero-order chi connectivity index (χ0) is 27.7. The minimum Gasteiger partial charge on any atom is -0.344 e. The van der Waals surface area contributed by atoms with E-state index in [0.717, 1.165) is 19.3 Å². The number of hydrogen-bond donors (Lipinski definition) is 4. The van der Waals surface area contributed by atoms with Gasteiger partial charge in [-0.15, -0.1) is 0 Å². The molecule has 0 radical (unpaired) electrons. The Hall–Kier alpha value is -2.45. The van der Waals surface area contributed by atoms with Gasteiger partial charge in [0.2, 0.25) is 11.8 Å². The molecule has 1 heterocycles. The summed E-state index contributed by atoms with van der Waals surface area (Å²) in [7, 11) is 0. The van der Waals surface area contributed by atoms with E-state index in [4.69, 9.17) is 5.41 Å². The molecular weight excluding hydrogens is 470 g/mol. The molecule has 4 amide bonds. The van der Waals surface area contributed by atoms with Gasteiger partial charge in [-0.25, -0.2) is 4.79 Å². The number of urea groups is 1. The summed E-state index contributed by atoms with van der Waals surface area (Å²) in [5, 5.41) is 17.0. The van der Waals surface area contributed by atoms with Crippen molar-refractivity contribution in [3.05, 3.63) is 0 Å². The molecule has 1 aliphatic heterocycles. The fraction of sp³-hybridized carbons (Fsp3) is 0.821. The van der Waals surface area contributed by atoms with Crippen molar-refractivity contribution in [3.63, 3.8) is 0 Å². The Kier molecular flexibility index (Phi) is 6.77. The number of ketones is 1. The smallest absolute Gasteiger partial charge is 0.315 e. The second-order valence-corrected chi connectivity index (χ2v) is 14.6. The summed E-state index contributed by atoms with van der Waals surface area (Å²) in [6.45, 7) is 16.0. The first-order valence-corrected chi connectivity index (χ1v) is 13.7. The maximum atomic E-state index is 14.1. The molecule has 0 bridgehead atoms. The second kappa shape index (κ2) is 9.09. The Morgan fingerprint density at radius 3 is 2.22 bits per heavy atom. The number of rotatable bonds is 4. The van der Waals surface area contributed by atoms with Gasteiger partial charge in [-0.05, 0) is 75.0 Å².